The van der Waals surface area contributed by atoms with Crippen molar-refractivity contribution in [2.75, 3.05) is 20.7 Å². The zero-order chi connectivity index (χ0) is 24.9. The fraction of sp³-hybridized carbons (Fsp3) is 0.375. The van der Waals surface area contributed by atoms with Crippen molar-refractivity contribution in [1.29, 1.82) is 0 Å². The minimum Gasteiger partial charge on any atom is -0.480 e. The first-order valence-electron chi connectivity index (χ1n) is 10.9. The van der Waals surface area contributed by atoms with Crippen molar-refractivity contribution in [2.45, 2.75) is 39.2 Å². The second-order valence-electron chi connectivity index (χ2n) is 8.64. The Morgan fingerprint density at radius 1 is 1.09 bits per heavy atom. The van der Waals surface area contributed by atoms with Crippen molar-refractivity contribution in [3.63, 3.8) is 0 Å². The average molecular weight is 468 g/mol. The van der Waals surface area contributed by atoms with Crippen molar-refractivity contribution in [3.05, 3.63) is 41.7 Å². The average Bonchev–Trinajstić information content (AvgIpc) is 3.23. The Morgan fingerprint density at radius 3 is 2.53 bits per heavy atom. The van der Waals surface area contributed by atoms with Gasteiger partial charge in [-0.3, -0.25) is 19.5 Å². The zero-order valence-corrected chi connectivity index (χ0v) is 19.9. The topological polar surface area (TPSA) is 135 Å². The molecule has 3 rings (SSSR count). The van der Waals surface area contributed by atoms with Gasteiger partial charge in [-0.15, -0.1) is 0 Å². The molecule has 0 saturated carbocycles. The molecule has 10 nitrogen and oxygen atoms in total. The normalized spacial score (nSPS) is 11.2. The number of hydrogen-bond donors (Lipinski definition) is 3. The van der Waals surface area contributed by atoms with E-state index in [4.69, 9.17) is 9.47 Å². The number of nitrogens with zero attached hydrogens (tertiary/aromatic N) is 2. The van der Waals surface area contributed by atoms with E-state index in [1.165, 1.54) is 7.11 Å². The number of fused-ring (bicyclic) bond motifs is 1. The highest BCUT2D eigenvalue weighted by atomic mass is 16.6. The van der Waals surface area contributed by atoms with E-state index in [1.54, 1.807) is 25.4 Å². The van der Waals surface area contributed by atoms with Crippen LogP contribution in [0.25, 0.3) is 22.0 Å². The second kappa shape index (κ2) is 10.3. The first-order valence-corrected chi connectivity index (χ1v) is 10.9. The molecule has 34 heavy (non-hydrogen) atoms. The number of amides is 2. The van der Waals surface area contributed by atoms with Crippen LogP contribution in [0.2, 0.25) is 0 Å². The van der Waals surface area contributed by atoms with Crippen LogP contribution in [0.4, 0.5) is 0 Å². The summed E-state index contributed by atoms with van der Waals surface area (Å²) >= 11 is 0. The van der Waals surface area contributed by atoms with E-state index in [2.05, 4.69) is 25.8 Å². The Hall–Kier alpha value is -3.95. The molecule has 0 bridgehead atoms. The van der Waals surface area contributed by atoms with Gasteiger partial charge in [0.1, 0.15) is 11.2 Å². The number of rotatable bonds is 8. The Kier molecular flexibility index (Phi) is 7.50. The number of pyridine rings is 1. The van der Waals surface area contributed by atoms with Gasteiger partial charge < -0.3 is 20.1 Å². The van der Waals surface area contributed by atoms with Crippen molar-refractivity contribution in [2.24, 2.45) is 0 Å². The third kappa shape index (κ3) is 5.89. The first-order chi connectivity index (χ1) is 16.1. The number of aromatic nitrogens is 3. The van der Waals surface area contributed by atoms with Crippen LogP contribution in [-0.2, 0) is 9.53 Å². The maximum Gasteiger partial charge on any atom is 0.306 e. The summed E-state index contributed by atoms with van der Waals surface area (Å²) in [4.78, 5) is 40.9. The van der Waals surface area contributed by atoms with E-state index in [0.29, 0.717) is 35.1 Å². The minimum absolute atomic E-state index is 0.193. The van der Waals surface area contributed by atoms with Crippen LogP contribution in [0.5, 0.6) is 5.88 Å². The third-order valence-electron chi connectivity index (χ3n) is 4.89. The van der Waals surface area contributed by atoms with Crippen molar-refractivity contribution < 1.29 is 23.9 Å². The summed E-state index contributed by atoms with van der Waals surface area (Å²) in [6.45, 7) is 5.73. The van der Waals surface area contributed by atoms with Gasteiger partial charge in [0.2, 0.25) is 5.88 Å². The Labute approximate surface area is 197 Å². The second-order valence-corrected chi connectivity index (χ2v) is 8.64. The molecule has 2 heterocycles. The Morgan fingerprint density at radius 2 is 1.85 bits per heavy atom. The molecular formula is C24H29N5O5. The van der Waals surface area contributed by atoms with Crippen molar-refractivity contribution >= 4 is 28.7 Å². The summed E-state index contributed by atoms with van der Waals surface area (Å²) in [7, 11) is 2.99. The number of H-pyrrole nitrogens is 1. The van der Waals surface area contributed by atoms with Crippen molar-refractivity contribution in [1.82, 2.24) is 25.8 Å². The van der Waals surface area contributed by atoms with Gasteiger partial charge in [0, 0.05) is 37.2 Å². The van der Waals surface area contributed by atoms with E-state index in [1.807, 2.05) is 32.9 Å². The fourth-order valence-electron chi connectivity index (χ4n) is 3.35. The highest BCUT2D eigenvalue weighted by Crippen LogP contribution is 2.28. The summed E-state index contributed by atoms with van der Waals surface area (Å²) < 4.78 is 10.5. The van der Waals surface area contributed by atoms with Crippen LogP contribution in [0.1, 0.15) is 54.5 Å². The van der Waals surface area contributed by atoms with Gasteiger partial charge in [0.05, 0.1) is 12.6 Å². The lowest BCUT2D eigenvalue weighted by atomic mass is 10.0. The van der Waals surface area contributed by atoms with Gasteiger partial charge in [-0.05, 0) is 51.0 Å². The number of methoxy groups -OCH3 is 1. The molecule has 0 fully saturated rings. The standard InChI is InChI=1S/C24H29N5O5/c1-24(2,3)34-19(30)7-6-10-26-21(31)17-11-15(13-27-23(17)33-5)14-8-9-16-18(12-14)28-29-20(16)22(32)25-4/h8-9,11-13H,6-7,10H2,1-5H3,(H,25,32)(H,26,31)(H,28,29). The number of esters is 1. The maximum atomic E-state index is 12.8. The third-order valence-corrected chi connectivity index (χ3v) is 4.89. The van der Waals surface area contributed by atoms with Crippen LogP contribution in [0, 0.1) is 0 Å². The van der Waals surface area contributed by atoms with Gasteiger partial charge in [-0.25, -0.2) is 4.98 Å². The first kappa shape index (κ1) is 24.7. The van der Waals surface area contributed by atoms with E-state index in [9.17, 15) is 14.4 Å². The van der Waals surface area contributed by atoms with Crippen LogP contribution < -0.4 is 15.4 Å². The molecule has 2 amide bonds. The maximum absolute atomic E-state index is 12.8. The predicted octanol–water partition coefficient (Wildman–Crippen LogP) is 2.84. The predicted molar refractivity (Wildman–Crippen MR) is 127 cm³/mol. The number of aromatic amines is 1. The molecule has 0 unspecified atom stereocenters. The van der Waals surface area contributed by atoms with Crippen LogP contribution in [0.3, 0.4) is 0 Å². The quantitative estimate of drug-likeness (QED) is 0.342. The number of hydrogen-bond acceptors (Lipinski definition) is 7. The molecule has 0 atom stereocenters. The summed E-state index contributed by atoms with van der Waals surface area (Å²) in [6.07, 6.45) is 2.25. The van der Waals surface area contributed by atoms with Gasteiger partial charge in [0.25, 0.3) is 11.8 Å². The largest absolute Gasteiger partial charge is 0.480 e. The monoisotopic (exact) mass is 467 g/mol. The number of carbonyl (C=O) groups excluding carboxylic acids is 3. The highest BCUT2D eigenvalue weighted by molar-refractivity contribution is 6.05. The number of carbonyl (C=O) groups is 3. The molecule has 3 N–H and O–H groups in total. The summed E-state index contributed by atoms with van der Waals surface area (Å²) in [5.41, 5.74) is 2.20. The number of nitrogens with one attached hydrogen (secondary N) is 3. The smallest absolute Gasteiger partial charge is 0.306 e. The van der Waals surface area contributed by atoms with Crippen LogP contribution in [0.15, 0.2) is 30.5 Å². The summed E-state index contributed by atoms with van der Waals surface area (Å²) in [6, 6.07) is 7.14. The van der Waals surface area contributed by atoms with Gasteiger partial charge in [0.15, 0.2) is 5.69 Å². The molecule has 1 aromatic carbocycles. The molecule has 0 radical (unpaired) electrons. The van der Waals surface area contributed by atoms with Gasteiger partial charge in [-0.1, -0.05) is 6.07 Å². The van der Waals surface area contributed by atoms with Gasteiger partial charge in [-0.2, -0.15) is 5.10 Å². The van der Waals surface area contributed by atoms with Crippen LogP contribution >= 0.6 is 0 Å². The SMILES string of the molecule is CNC(=O)c1n[nH]c2cc(-c3cnc(OC)c(C(=O)NCCCC(=O)OC(C)(C)C)c3)ccc12. The van der Waals surface area contributed by atoms with E-state index < -0.39 is 5.60 Å². The molecule has 0 aliphatic carbocycles. The number of benzene rings is 1. The molecule has 0 aliphatic heterocycles. The molecule has 0 saturated heterocycles. The highest BCUT2D eigenvalue weighted by Gasteiger charge is 2.18. The summed E-state index contributed by atoms with van der Waals surface area (Å²) in [5, 5.41) is 13.0. The van der Waals surface area contributed by atoms with E-state index >= 15 is 0 Å². The summed E-state index contributed by atoms with van der Waals surface area (Å²) in [5.74, 6) is -0.759. The van der Waals surface area contributed by atoms with Crippen molar-refractivity contribution in [3.8, 4) is 17.0 Å². The molecule has 3 aromatic rings. The zero-order valence-electron chi connectivity index (χ0n) is 19.9. The molecule has 180 valence electrons. The minimum atomic E-state index is -0.539. The lowest BCUT2D eigenvalue weighted by molar-refractivity contribution is -0.154. The van der Waals surface area contributed by atoms with E-state index in [0.717, 1.165) is 5.56 Å². The van der Waals surface area contributed by atoms with Crippen LogP contribution in [-0.4, -0.2) is 59.3 Å². The lowest BCUT2D eigenvalue weighted by Crippen LogP contribution is -2.27. The number of ether oxygens (including phenoxy) is 2. The molecule has 10 heteroatoms. The molecular weight excluding hydrogens is 438 g/mol. The van der Waals surface area contributed by atoms with Gasteiger partial charge >= 0.3 is 5.97 Å². The Balaban J connectivity index is 1.73. The molecule has 0 spiro atoms. The lowest BCUT2D eigenvalue weighted by Gasteiger charge is -2.19. The molecule has 2 aromatic heterocycles. The Bertz CT molecular complexity index is 1210. The fourth-order valence-corrected chi connectivity index (χ4v) is 3.35. The van der Waals surface area contributed by atoms with E-state index in [-0.39, 0.29) is 35.6 Å². The molecule has 0 aliphatic rings.